The molecule has 1 N–H and O–H groups in total. The van der Waals surface area contributed by atoms with Crippen LogP contribution in [-0.4, -0.2) is 15.7 Å². The van der Waals surface area contributed by atoms with E-state index in [4.69, 9.17) is 0 Å². The molecule has 4 nitrogen and oxygen atoms in total. The molecule has 0 saturated heterocycles. The zero-order valence-electron chi connectivity index (χ0n) is 10.6. The van der Waals surface area contributed by atoms with Gasteiger partial charge in [0, 0.05) is 13.1 Å². The van der Waals surface area contributed by atoms with E-state index in [1.54, 1.807) is 36.1 Å². The first kappa shape index (κ1) is 11.9. The van der Waals surface area contributed by atoms with Gasteiger partial charge in [-0.15, -0.1) is 0 Å². The molecule has 1 heterocycles. The normalized spacial score (nSPS) is 16.1. The molecule has 1 aromatic heterocycles. The minimum Gasteiger partial charge on any atom is -0.310 e. The molecule has 19 heavy (non-hydrogen) atoms. The second-order valence-corrected chi connectivity index (χ2v) is 4.88. The maximum absolute atomic E-state index is 12.9. The number of rotatable bonds is 3. The molecule has 1 amide bonds. The molecular formula is C14H14FN3O. The number of hydrogen-bond acceptors (Lipinski definition) is 2. The highest BCUT2D eigenvalue weighted by molar-refractivity contribution is 6.00. The van der Waals surface area contributed by atoms with Gasteiger partial charge in [-0.1, -0.05) is 12.1 Å². The molecule has 1 saturated carbocycles. The lowest BCUT2D eigenvalue weighted by molar-refractivity contribution is -0.118. The van der Waals surface area contributed by atoms with E-state index in [-0.39, 0.29) is 11.7 Å². The molecule has 1 aliphatic rings. The minimum absolute atomic E-state index is 0.0530. The number of amides is 1. The zero-order valence-corrected chi connectivity index (χ0v) is 10.6. The number of halogens is 1. The van der Waals surface area contributed by atoms with E-state index in [0.717, 1.165) is 18.4 Å². The van der Waals surface area contributed by atoms with Crippen molar-refractivity contribution >= 4 is 11.7 Å². The van der Waals surface area contributed by atoms with Gasteiger partial charge < -0.3 is 5.32 Å². The number of nitrogens with zero attached hydrogens (tertiary/aromatic N) is 2. The van der Waals surface area contributed by atoms with Gasteiger partial charge in [-0.05, 0) is 30.5 Å². The Kier molecular flexibility index (Phi) is 2.62. The third-order valence-electron chi connectivity index (χ3n) is 3.64. The average molecular weight is 259 g/mol. The van der Waals surface area contributed by atoms with Crippen LogP contribution in [0.15, 0.2) is 36.5 Å². The number of anilines is 1. The van der Waals surface area contributed by atoms with Crippen LogP contribution < -0.4 is 5.32 Å². The van der Waals surface area contributed by atoms with Crippen molar-refractivity contribution in [3.8, 4) is 0 Å². The Labute approximate surface area is 110 Å². The first-order chi connectivity index (χ1) is 9.12. The highest BCUT2D eigenvalue weighted by Crippen LogP contribution is 2.48. The topological polar surface area (TPSA) is 46.9 Å². The Bertz CT molecular complexity index is 614. The van der Waals surface area contributed by atoms with Crippen molar-refractivity contribution in [3.63, 3.8) is 0 Å². The van der Waals surface area contributed by atoms with Crippen molar-refractivity contribution in [2.24, 2.45) is 7.05 Å². The molecule has 0 unspecified atom stereocenters. The summed E-state index contributed by atoms with van der Waals surface area (Å²) in [7, 11) is 1.77. The summed E-state index contributed by atoms with van der Waals surface area (Å²) in [6.45, 7) is 0. The molecule has 0 bridgehead atoms. The van der Waals surface area contributed by atoms with Crippen molar-refractivity contribution in [2.75, 3.05) is 5.32 Å². The number of aryl methyl sites for hydroxylation is 1. The van der Waals surface area contributed by atoms with E-state index in [0.29, 0.717) is 5.82 Å². The Morgan fingerprint density at radius 2 is 2.00 bits per heavy atom. The predicted octanol–water partition coefficient (Wildman–Crippen LogP) is 2.23. The van der Waals surface area contributed by atoms with Gasteiger partial charge >= 0.3 is 0 Å². The van der Waals surface area contributed by atoms with E-state index in [1.165, 1.54) is 12.1 Å². The first-order valence-corrected chi connectivity index (χ1v) is 6.17. The van der Waals surface area contributed by atoms with E-state index >= 15 is 0 Å². The summed E-state index contributed by atoms with van der Waals surface area (Å²) < 4.78 is 14.6. The molecule has 5 heteroatoms. The van der Waals surface area contributed by atoms with Crippen LogP contribution >= 0.6 is 0 Å². The summed E-state index contributed by atoms with van der Waals surface area (Å²) in [6, 6.07) is 7.91. The van der Waals surface area contributed by atoms with Crippen LogP contribution in [0.1, 0.15) is 18.4 Å². The van der Waals surface area contributed by atoms with Crippen LogP contribution in [-0.2, 0) is 17.3 Å². The Morgan fingerprint density at radius 1 is 1.32 bits per heavy atom. The second-order valence-electron chi connectivity index (χ2n) is 4.88. The third kappa shape index (κ3) is 2.01. The lowest BCUT2D eigenvalue weighted by Gasteiger charge is -2.15. The number of nitrogens with one attached hydrogen (secondary N) is 1. The van der Waals surface area contributed by atoms with Gasteiger partial charge in [0.1, 0.15) is 11.6 Å². The molecular weight excluding hydrogens is 245 g/mol. The van der Waals surface area contributed by atoms with Crippen molar-refractivity contribution in [1.82, 2.24) is 9.78 Å². The van der Waals surface area contributed by atoms with Crippen LogP contribution in [0.2, 0.25) is 0 Å². The van der Waals surface area contributed by atoms with E-state index in [1.807, 2.05) is 0 Å². The summed E-state index contributed by atoms with van der Waals surface area (Å²) in [6.07, 6.45) is 3.22. The largest absolute Gasteiger partial charge is 0.310 e. The van der Waals surface area contributed by atoms with Gasteiger partial charge in [0.2, 0.25) is 5.91 Å². The first-order valence-electron chi connectivity index (χ1n) is 6.17. The lowest BCUT2D eigenvalue weighted by atomic mass is 9.95. The van der Waals surface area contributed by atoms with Gasteiger partial charge in [0.05, 0.1) is 11.6 Å². The molecule has 0 radical (unpaired) electrons. The molecule has 0 aliphatic heterocycles. The van der Waals surface area contributed by atoms with Crippen molar-refractivity contribution in [3.05, 3.63) is 47.9 Å². The van der Waals surface area contributed by atoms with Crippen molar-refractivity contribution < 1.29 is 9.18 Å². The molecule has 1 fully saturated rings. The summed E-state index contributed by atoms with van der Waals surface area (Å²) >= 11 is 0. The maximum atomic E-state index is 12.9. The number of hydrogen-bond donors (Lipinski definition) is 1. The summed E-state index contributed by atoms with van der Waals surface area (Å²) in [5.74, 6) is 0.327. The standard InChI is InChI=1S/C14H14FN3O/c1-18-12(6-9-16-18)17-13(19)14(7-8-14)10-2-4-11(15)5-3-10/h2-6,9H,7-8H2,1H3,(H,17,19). The summed E-state index contributed by atoms with van der Waals surface area (Å²) in [5.41, 5.74) is 0.367. The van der Waals surface area contributed by atoms with Crippen molar-refractivity contribution in [1.29, 1.82) is 0 Å². The summed E-state index contributed by atoms with van der Waals surface area (Å²) in [4.78, 5) is 12.4. The molecule has 1 aromatic carbocycles. The van der Waals surface area contributed by atoms with E-state index < -0.39 is 5.41 Å². The second kappa shape index (κ2) is 4.19. The van der Waals surface area contributed by atoms with Crippen LogP contribution in [0, 0.1) is 5.82 Å². The Hall–Kier alpha value is -2.17. The highest BCUT2D eigenvalue weighted by atomic mass is 19.1. The fourth-order valence-electron chi connectivity index (χ4n) is 2.27. The smallest absolute Gasteiger partial charge is 0.236 e. The van der Waals surface area contributed by atoms with Crippen molar-refractivity contribution in [2.45, 2.75) is 18.3 Å². The van der Waals surface area contributed by atoms with Crippen LogP contribution in [0.3, 0.4) is 0 Å². The van der Waals surface area contributed by atoms with Crippen LogP contribution in [0.25, 0.3) is 0 Å². The predicted molar refractivity (Wildman–Crippen MR) is 69.1 cm³/mol. The Morgan fingerprint density at radius 3 is 2.53 bits per heavy atom. The van der Waals surface area contributed by atoms with Crippen LogP contribution in [0.4, 0.5) is 10.2 Å². The average Bonchev–Trinajstić information content (AvgIpc) is 3.11. The number of aromatic nitrogens is 2. The van der Waals surface area contributed by atoms with Gasteiger partial charge in [0.25, 0.3) is 0 Å². The number of carbonyl (C=O) groups is 1. The molecule has 1 aliphatic carbocycles. The molecule has 0 spiro atoms. The van der Waals surface area contributed by atoms with Gasteiger partial charge in [-0.25, -0.2) is 4.39 Å². The molecule has 3 rings (SSSR count). The lowest BCUT2D eigenvalue weighted by Crippen LogP contribution is -2.28. The monoisotopic (exact) mass is 259 g/mol. The number of carbonyl (C=O) groups excluding carboxylic acids is 1. The molecule has 0 atom stereocenters. The minimum atomic E-state index is -0.502. The van der Waals surface area contributed by atoms with E-state index in [9.17, 15) is 9.18 Å². The zero-order chi connectivity index (χ0) is 13.5. The third-order valence-corrected chi connectivity index (χ3v) is 3.64. The SMILES string of the molecule is Cn1nccc1NC(=O)C1(c2ccc(F)cc2)CC1. The molecule has 98 valence electrons. The van der Waals surface area contributed by atoms with Gasteiger partial charge in [0.15, 0.2) is 0 Å². The Balaban J connectivity index is 1.83. The van der Waals surface area contributed by atoms with Gasteiger partial charge in [-0.2, -0.15) is 5.10 Å². The quantitative estimate of drug-likeness (QED) is 0.918. The van der Waals surface area contributed by atoms with E-state index in [2.05, 4.69) is 10.4 Å². The van der Waals surface area contributed by atoms with Crippen LogP contribution in [0.5, 0.6) is 0 Å². The summed E-state index contributed by atoms with van der Waals surface area (Å²) in [5, 5.41) is 6.88. The number of benzene rings is 1. The van der Waals surface area contributed by atoms with Gasteiger partial charge in [-0.3, -0.25) is 9.48 Å². The maximum Gasteiger partial charge on any atom is 0.236 e. The molecule has 2 aromatic rings. The highest BCUT2D eigenvalue weighted by Gasteiger charge is 2.51. The fraction of sp³-hybridized carbons (Fsp3) is 0.286. The fourth-order valence-corrected chi connectivity index (χ4v) is 2.27.